The predicted molar refractivity (Wildman–Crippen MR) is 147 cm³/mol. The van der Waals surface area contributed by atoms with E-state index in [1.807, 2.05) is 12.1 Å². The van der Waals surface area contributed by atoms with Gasteiger partial charge in [0.25, 0.3) is 5.91 Å². The smallest absolute Gasteiger partial charge is 0.302 e. The van der Waals surface area contributed by atoms with Crippen LogP contribution in [0, 0.1) is 39.9 Å². The van der Waals surface area contributed by atoms with Gasteiger partial charge in [0.2, 0.25) is 0 Å². The van der Waals surface area contributed by atoms with Crippen LogP contribution in [0.25, 0.3) is 6.08 Å². The zero-order chi connectivity index (χ0) is 26.5. The highest BCUT2D eigenvalue weighted by Gasteiger charge is 2.59. The molecule has 3 saturated carbocycles. The number of nitrogens with two attached hydrogens (primary N) is 1. The van der Waals surface area contributed by atoms with E-state index >= 15 is 0 Å². The molecule has 2 N–H and O–H groups in total. The summed E-state index contributed by atoms with van der Waals surface area (Å²) < 4.78 is 6.60. The minimum atomic E-state index is -0.634. The lowest BCUT2D eigenvalue weighted by molar-refractivity contribution is -0.148. The van der Waals surface area contributed by atoms with E-state index in [0.717, 1.165) is 66.1 Å². The quantitative estimate of drug-likeness (QED) is 0.193. The molecule has 6 heteroatoms. The topological polar surface area (TPSA) is 93.2 Å². The Morgan fingerprint density at radius 1 is 1.11 bits per heavy atom. The molecule has 6 atom stereocenters. The van der Waals surface area contributed by atoms with Crippen molar-refractivity contribution >= 4 is 33.9 Å². The molecule has 0 heterocycles. The van der Waals surface area contributed by atoms with Gasteiger partial charge in [-0.25, -0.2) is 0 Å². The Balaban J connectivity index is 1.54. The molecule has 0 aliphatic heterocycles. The number of hydrogen-bond donors (Lipinski definition) is 1. The van der Waals surface area contributed by atoms with Crippen molar-refractivity contribution < 1.29 is 14.3 Å². The number of nitrogens with zero attached hydrogens (tertiary/aromatic N) is 1. The third-order valence-electron chi connectivity index (χ3n) is 9.93. The molecule has 1 aromatic rings. The van der Waals surface area contributed by atoms with Crippen LogP contribution < -0.4 is 5.73 Å². The molecular formula is C31H35BrN2O3. The molecule has 37 heavy (non-hydrogen) atoms. The van der Waals surface area contributed by atoms with Gasteiger partial charge in [-0.3, -0.25) is 9.59 Å². The maximum atomic E-state index is 12.5. The van der Waals surface area contributed by atoms with Crippen molar-refractivity contribution in [2.75, 3.05) is 0 Å². The summed E-state index contributed by atoms with van der Waals surface area (Å²) in [5, 5.41) is 10.0. The maximum absolute atomic E-state index is 12.5. The number of hydrogen-bond acceptors (Lipinski definition) is 4. The highest BCUT2D eigenvalue weighted by Crippen LogP contribution is 2.67. The number of esters is 1. The van der Waals surface area contributed by atoms with E-state index in [1.165, 1.54) is 12.5 Å². The first kappa shape index (κ1) is 26.0. The van der Waals surface area contributed by atoms with Crippen molar-refractivity contribution in [3.05, 3.63) is 62.7 Å². The Kier molecular flexibility index (Phi) is 6.73. The Hall–Kier alpha value is -2.65. The third-order valence-corrected chi connectivity index (χ3v) is 10.5. The first-order chi connectivity index (χ1) is 17.6. The zero-order valence-electron chi connectivity index (χ0n) is 21.9. The van der Waals surface area contributed by atoms with E-state index in [4.69, 9.17) is 10.5 Å². The Labute approximate surface area is 227 Å². The summed E-state index contributed by atoms with van der Waals surface area (Å²) in [4.78, 5) is 24.0. The second kappa shape index (κ2) is 9.58. The van der Waals surface area contributed by atoms with Crippen molar-refractivity contribution in [1.29, 1.82) is 5.26 Å². The summed E-state index contributed by atoms with van der Waals surface area (Å²) in [6.07, 6.45) is 11.1. The molecule has 0 spiro atoms. The number of nitriles is 1. The van der Waals surface area contributed by atoms with Gasteiger partial charge in [0.1, 0.15) is 17.7 Å². The van der Waals surface area contributed by atoms with E-state index in [0.29, 0.717) is 17.8 Å². The molecule has 0 aromatic heterocycles. The van der Waals surface area contributed by atoms with Gasteiger partial charge >= 0.3 is 5.97 Å². The van der Waals surface area contributed by atoms with Crippen LogP contribution in [0.5, 0.6) is 0 Å². The second-order valence-corrected chi connectivity index (χ2v) is 12.8. The average Bonchev–Trinajstić information content (AvgIpc) is 3.13. The lowest BCUT2D eigenvalue weighted by Crippen LogP contribution is -2.50. The molecule has 0 unspecified atom stereocenters. The number of allylic oxidation sites excluding steroid dienone is 3. The van der Waals surface area contributed by atoms with Gasteiger partial charge in [0.05, 0.1) is 0 Å². The van der Waals surface area contributed by atoms with Crippen LogP contribution in [-0.4, -0.2) is 18.0 Å². The molecule has 0 saturated heterocycles. The van der Waals surface area contributed by atoms with Gasteiger partial charge in [0, 0.05) is 17.8 Å². The van der Waals surface area contributed by atoms with Crippen LogP contribution in [-0.2, 0) is 14.3 Å². The summed E-state index contributed by atoms with van der Waals surface area (Å²) in [5.74, 6) is 0.512. The molecule has 4 aliphatic rings. The summed E-state index contributed by atoms with van der Waals surface area (Å²) in [6.45, 7) is 6.16. The first-order valence-corrected chi connectivity index (χ1v) is 14.1. The largest absolute Gasteiger partial charge is 0.462 e. The fourth-order valence-corrected chi connectivity index (χ4v) is 8.51. The van der Waals surface area contributed by atoms with Crippen molar-refractivity contribution in [2.24, 2.45) is 34.3 Å². The standard InChI is InChI=1S/C31H35BrN2O3/c1-18(35)37-23-10-12-30(2)21(16-23)6-9-24-26(30)11-13-31(3)27(24)15-20(28(31)25(17-33)29(34)36)14-19-4-7-22(32)8-5-19/h4-8,14,23-24,26-27H,9-13,15-16H2,1-3H3,(H2,34,36)/b20-14+,28-25-/t23-,24+,26-,27-,30-,31-/m0/s1. The minimum absolute atomic E-state index is 0.0163. The molecule has 0 radical (unpaired) electrons. The van der Waals surface area contributed by atoms with E-state index in [2.05, 4.69) is 60.1 Å². The highest BCUT2D eigenvalue weighted by atomic mass is 79.9. The van der Waals surface area contributed by atoms with Crippen molar-refractivity contribution in [3.63, 3.8) is 0 Å². The minimum Gasteiger partial charge on any atom is -0.462 e. The third kappa shape index (κ3) is 4.40. The molecule has 5 rings (SSSR count). The molecule has 1 aromatic carbocycles. The number of fused-ring (bicyclic) bond motifs is 5. The van der Waals surface area contributed by atoms with Gasteiger partial charge in [-0.15, -0.1) is 0 Å². The predicted octanol–water partition coefficient (Wildman–Crippen LogP) is 6.64. The van der Waals surface area contributed by atoms with Crippen molar-refractivity contribution in [2.45, 2.75) is 71.8 Å². The van der Waals surface area contributed by atoms with Gasteiger partial charge in [-0.1, -0.05) is 59.6 Å². The van der Waals surface area contributed by atoms with E-state index in [1.54, 1.807) is 0 Å². The first-order valence-electron chi connectivity index (χ1n) is 13.3. The number of halogens is 1. The monoisotopic (exact) mass is 562 g/mol. The van der Waals surface area contributed by atoms with E-state index in [-0.39, 0.29) is 28.5 Å². The number of benzene rings is 1. The highest BCUT2D eigenvalue weighted by molar-refractivity contribution is 9.10. The van der Waals surface area contributed by atoms with E-state index < -0.39 is 5.91 Å². The summed E-state index contributed by atoms with van der Waals surface area (Å²) in [7, 11) is 0. The fourth-order valence-electron chi connectivity index (χ4n) is 8.25. The molecule has 4 aliphatic carbocycles. The number of ether oxygens (including phenoxy) is 1. The Bertz CT molecular complexity index is 1270. The van der Waals surface area contributed by atoms with Crippen LogP contribution in [0.1, 0.15) is 71.3 Å². The van der Waals surface area contributed by atoms with Crippen LogP contribution in [0.4, 0.5) is 0 Å². The Morgan fingerprint density at radius 2 is 1.81 bits per heavy atom. The molecule has 5 nitrogen and oxygen atoms in total. The van der Waals surface area contributed by atoms with Gasteiger partial charge in [0.15, 0.2) is 0 Å². The van der Waals surface area contributed by atoms with E-state index in [9.17, 15) is 14.9 Å². The average molecular weight is 564 g/mol. The second-order valence-electron chi connectivity index (χ2n) is 11.8. The normalized spacial score (nSPS) is 36.9. The van der Waals surface area contributed by atoms with Crippen LogP contribution in [0.3, 0.4) is 0 Å². The van der Waals surface area contributed by atoms with Crippen LogP contribution in [0.15, 0.2) is 57.1 Å². The zero-order valence-corrected chi connectivity index (χ0v) is 23.4. The summed E-state index contributed by atoms with van der Waals surface area (Å²) in [6, 6.07) is 10.3. The number of amides is 1. The summed E-state index contributed by atoms with van der Waals surface area (Å²) in [5.41, 5.74) is 10.2. The number of primary amides is 1. The Morgan fingerprint density at radius 3 is 2.46 bits per heavy atom. The van der Waals surface area contributed by atoms with Crippen LogP contribution >= 0.6 is 15.9 Å². The summed E-state index contributed by atoms with van der Waals surface area (Å²) >= 11 is 3.50. The number of carbonyl (C=O) groups excluding carboxylic acids is 2. The van der Waals surface area contributed by atoms with Gasteiger partial charge < -0.3 is 10.5 Å². The molecule has 0 bridgehead atoms. The van der Waals surface area contributed by atoms with Crippen molar-refractivity contribution in [1.82, 2.24) is 0 Å². The molecule has 3 fully saturated rings. The van der Waals surface area contributed by atoms with Gasteiger partial charge in [-0.2, -0.15) is 5.26 Å². The molecule has 1 amide bonds. The lowest BCUT2D eigenvalue weighted by atomic mass is 9.47. The fraction of sp³-hybridized carbons (Fsp3) is 0.516. The molecular weight excluding hydrogens is 528 g/mol. The van der Waals surface area contributed by atoms with Crippen LogP contribution in [0.2, 0.25) is 0 Å². The SMILES string of the molecule is CC(=O)O[C@H]1CC[C@@]2(C)C(=CC[C@@H]3[C@@H]2CC[C@]2(C)C(=C(/C#N)C(N)=O)/C(=C/c4ccc(Br)cc4)C[C@@H]32)C1. The van der Waals surface area contributed by atoms with Crippen molar-refractivity contribution in [3.8, 4) is 6.07 Å². The van der Waals surface area contributed by atoms with Gasteiger partial charge in [-0.05, 0) is 96.0 Å². The molecule has 194 valence electrons. The maximum Gasteiger partial charge on any atom is 0.302 e. The number of carbonyl (C=O) groups is 2. The lowest BCUT2D eigenvalue weighted by Gasteiger charge is -2.57. The number of rotatable bonds is 3.